The standard InChI is InChI=1S/C19H32N6O2.2CH2O2/c1-16-21-20-15-25(16)11-10-23-8-5-19(6-9-23)14-24(12-13-27-19)18(26)17-4-3-7-22(17)2;2*2-1-3/h15,17H,3-14H2,1-2H3;2*1H,(H,2,3)/t17-;;/m1../s1. The number of amides is 1. The van der Waals surface area contributed by atoms with E-state index in [4.69, 9.17) is 24.5 Å². The number of carbonyl (C=O) groups excluding carboxylic acids is 1. The van der Waals surface area contributed by atoms with Gasteiger partial charge in [-0.3, -0.25) is 19.3 Å². The maximum Gasteiger partial charge on any atom is 0.290 e. The van der Waals surface area contributed by atoms with Crippen molar-refractivity contribution in [3.8, 4) is 0 Å². The largest absolute Gasteiger partial charge is 0.483 e. The summed E-state index contributed by atoms with van der Waals surface area (Å²) in [6.07, 6.45) is 5.92. The van der Waals surface area contributed by atoms with E-state index in [2.05, 4.69) is 36.5 Å². The van der Waals surface area contributed by atoms with Gasteiger partial charge in [-0.2, -0.15) is 0 Å². The van der Waals surface area contributed by atoms with Crippen LogP contribution >= 0.6 is 0 Å². The second-order valence-corrected chi connectivity index (χ2v) is 8.55. The molecule has 1 atom stereocenters. The first-order chi connectivity index (χ1) is 15.9. The zero-order valence-electron chi connectivity index (χ0n) is 19.5. The van der Waals surface area contributed by atoms with Crippen LogP contribution in [0.15, 0.2) is 6.33 Å². The van der Waals surface area contributed by atoms with E-state index in [-0.39, 0.29) is 24.6 Å². The lowest BCUT2D eigenvalue weighted by atomic mass is 9.89. The zero-order chi connectivity index (χ0) is 24.3. The van der Waals surface area contributed by atoms with Gasteiger partial charge in [0.2, 0.25) is 5.91 Å². The summed E-state index contributed by atoms with van der Waals surface area (Å²) in [7, 11) is 2.07. The number of morpholine rings is 1. The number of hydrogen-bond acceptors (Lipinski definition) is 8. The third-order valence-electron chi connectivity index (χ3n) is 6.60. The van der Waals surface area contributed by atoms with Crippen LogP contribution in [-0.2, 0) is 25.7 Å². The topological polar surface area (TPSA) is 141 Å². The molecule has 1 spiro atoms. The first-order valence-electron chi connectivity index (χ1n) is 11.2. The molecular formula is C21H36N6O6. The molecular weight excluding hydrogens is 432 g/mol. The smallest absolute Gasteiger partial charge is 0.290 e. The van der Waals surface area contributed by atoms with E-state index in [1.807, 2.05) is 6.92 Å². The van der Waals surface area contributed by atoms with Gasteiger partial charge in [-0.25, -0.2) is 0 Å². The number of nitrogens with zero attached hydrogens (tertiary/aromatic N) is 6. The molecule has 3 saturated heterocycles. The summed E-state index contributed by atoms with van der Waals surface area (Å²) < 4.78 is 8.33. The Labute approximate surface area is 194 Å². The summed E-state index contributed by atoms with van der Waals surface area (Å²) in [6, 6.07) is 0.0762. The molecule has 1 aromatic rings. The number of aryl methyl sites for hydroxylation is 1. The second-order valence-electron chi connectivity index (χ2n) is 8.55. The van der Waals surface area contributed by atoms with Crippen molar-refractivity contribution in [1.82, 2.24) is 29.5 Å². The Bertz CT molecular complexity index is 745. The molecule has 0 bridgehead atoms. The lowest BCUT2D eigenvalue weighted by Crippen LogP contribution is -2.60. The number of ether oxygens (including phenoxy) is 1. The first kappa shape index (κ1) is 26.7. The Morgan fingerprint density at radius 1 is 1.18 bits per heavy atom. The fourth-order valence-electron chi connectivity index (χ4n) is 4.73. The van der Waals surface area contributed by atoms with E-state index in [1.54, 1.807) is 6.33 Å². The van der Waals surface area contributed by atoms with E-state index in [1.165, 1.54) is 0 Å². The van der Waals surface area contributed by atoms with E-state index >= 15 is 0 Å². The number of hydrogen-bond donors (Lipinski definition) is 2. The maximum atomic E-state index is 13.0. The molecule has 3 aliphatic heterocycles. The summed E-state index contributed by atoms with van der Waals surface area (Å²) in [4.78, 5) is 36.5. The van der Waals surface area contributed by atoms with Gasteiger partial charge in [-0.15, -0.1) is 10.2 Å². The molecule has 12 nitrogen and oxygen atoms in total. The summed E-state index contributed by atoms with van der Waals surface area (Å²) in [6.45, 7) is 8.65. The molecule has 0 radical (unpaired) electrons. The Hall–Kier alpha value is -2.57. The van der Waals surface area contributed by atoms with Crippen LogP contribution in [0.4, 0.5) is 0 Å². The quantitative estimate of drug-likeness (QED) is 0.569. The molecule has 3 fully saturated rings. The average Bonchev–Trinajstić information content (AvgIpc) is 3.42. The van der Waals surface area contributed by atoms with Gasteiger partial charge >= 0.3 is 0 Å². The highest BCUT2D eigenvalue weighted by Gasteiger charge is 2.42. The molecule has 186 valence electrons. The minimum Gasteiger partial charge on any atom is -0.483 e. The van der Waals surface area contributed by atoms with Crippen LogP contribution in [0.3, 0.4) is 0 Å². The van der Waals surface area contributed by atoms with Crippen molar-refractivity contribution in [2.45, 2.75) is 50.8 Å². The number of rotatable bonds is 4. The number of carbonyl (C=O) groups is 3. The van der Waals surface area contributed by atoms with Gasteiger partial charge < -0.3 is 29.3 Å². The molecule has 12 heteroatoms. The molecule has 0 saturated carbocycles. The van der Waals surface area contributed by atoms with Gasteiger partial charge in [-0.1, -0.05) is 0 Å². The Balaban J connectivity index is 0.000000582. The Morgan fingerprint density at radius 2 is 1.85 bits per heavy atom. The number of likely N-dealkylation sites (N-methyl/N-ethyl adjacent to an activating group) is 1. The van der Waals surface area contributed by atoms with Gasteiger partial charge in [0.1, 0.15) is 12.2 Å². The minimum absolute atomic E-state index is 0.0762. The van der Waals surface area contributed by atoms with Crippen molar-refractivity contribution >= 4 is 18.9 Å². The van der Waals surface area contributed by atoms with Crippen molar-refractivity contribution in [2.24, 2.45) is 0 Å². The Morgan fingerprint density at radius 3 is 2.39 bits per heavy atom. The molecule has 4 heterocycles. The number of carboxylic acid groups (broad SMARTS) is 2. The molecule has 2 N–H and O–H groups in total. The highest BCUT2D eigenvalue weighted by atomic mass is 16.5. The van der Waals surface area contributed by atoms with E-state index in [0.29, 0.717) is 12.5 Å². The predicted octanol–water partition coefficient (Wildman–Crippen LogP) is -0.224. The van der Waals surface area contributed by atoms with Crippen LogP contribution in [0.25, 0.3) is 0 Å². The van der Waals surface area contributed by atoms with Crippen LogP contribution in [0.5, 0.6) is 0 Å². The SMILES string of the molecule is Cc1nncn1CCN1CCC2(CC1)CN(C(=O)[C@H]1CCCN1C)CCO2.O=CO.O=CO. The first-order valence-corrected chi connectivity index (χ1v) is 11.2. The fourth-order valence-corrected chi connectivity index (χ4v) is 4.73. The molecule has 33 heavy (non-hydrogen) atoms. The van der Waals surface area contributed by atoms with Gasteiger partial charge in [0.05, 0.1) is 18.2 Å². The number of aromatic nitrogens is 3. The van der Waals surface area contributed by atoms with Gasteiger partial charge in [-0.05, 0) is 46.2 Å². The highest BCUT2D eigenvalue weighted by molar-refractivity contribution is 5.82. The molecule has 0 aliphatic carbocycles. The summed E-state index contributed by atoms with van der Waals surface area (Å²) >= 11 is 0. The molecule has 1 amide bonds. The van der Waals surface area contributed by atoms with Crippen LogP contribution < -0.4 is 0 Å². The van der Waals surface area contributed by atoms with E-state index in [9.17, 15) is 4.79 Å². The lowest BCUT2D eigenvalue weighted by Gasteiger charge is -2.48. The van der Waals surface area contributed by atoms with Gasteiger partial charge in [0.25, 0.3) is 12.9 Å². The third kappa shape index (κ3) is 7.47. The lowest BCUT2D eigenvalue weighted by molar-refractivity contribution is -0.162. The third-order valence-corrected chi connectivity index (χ3v) is 6.60. The van der Waals surface area contributed by atoms with Crippen molar-refractivity contribution in [3.05, 3.63) is 12.2 Å². The second kappa shape index (κ2) is 13.2. The van der Waals surface area contributed by atoms with Crippen LogP contribution in [0.2, 0.25) is 0 Å². The molecule has 0 aromatic carbocycles. The number of piperidine rings is 1. The molecule has 0 unspecified atom stereocenters. The number of likely N-dealkylation sites (tertiary alicyclic amines) is 2. The van der Waals surface area contributed by atoms with Crippen molar-refractivity contribution < 1.29 is 29.3 Å². The monoisotopic (exact) mass is 468 g/mol. The Kier molecular flexibility index (Phi) is 10.7. The zero-order valence-corrected chi connectivity index (χ0v) is 19.5. The summed E-state index contributed by atoms with van der Waals surface area (Å²) in [5.74, 6) is 1.27. The van der Waals surface area contributed by atoms with Crippen molar-refractivity contribution in [2.75, 3.05) is 52.9 Å². The molecule has 3 aliphatic rings. The highest BCUT2D eigenvalue weighted by Crippen LogP contribution is 2.31. The van der Waals surface area contributed by atoms with E-state index < -0.39 is 0 Å². The minimum atomic E-state index is -0.250. The molecule has 1 aromatic heterocycles. The van der Waals surface area contributed by atoms with Crippen LogP contribution in [0.1, 0.15) is 31.5 Å². The van der Waals surface area contributed by atoms with E-state index in [0.717, 1.165) is 77.3 Å². The summed E-state index contributed by atoms with van der Waals surface area (Å²) in [5, 5.41) is 21.8. The summed E-state index contributed by atoms with van der Waals surface area (Å²) in [5.41, 5.74) is -0.145. The fraction of sp³-hybridized carbons (Fsp3) is 0.762. The normalized spacial score (nSPS) is 22.6. The van der Waals surface area contributed by atoms with Crippen molar-refractivity contribution in [3.63, 3.8) is 0 Å². The molecule has 4 rings (SSSR count). The van der Waals surface area contributed by atoms with Crippen LogP contribution in [-0.4, -0.2) is 123 Å². The van der Waals surface area contributed by atoms with Gasteiger partial charge in [0, 0.05) is 39.3 Å². The maximum absolute atomic E-state index is 13.0. The van der Waals surface area contributed by atoms with Crippen molar-refractivity contribution in [1.29, 1.82) is 0 Å². The van der Waals surface area contributed by atoms with Gasteiger partial charge in [0.15, 0.2) is 0 Å². The average molecular weight is 469 g/mol. The predicted molar refractivity (Wildman–Crippen MR) is 119 cm³/mol. The van der Waals surface area contributed by atoms with Crippen LogP contribution in [0, 0.1) is 6.92 Å².